The second-order valence-electron chi connectivity index (χ2n) is 4.31. The Morgan fingerprint density at radius 3 is 2.50 bits per heavy atom. The monoisotopic (exact) mass is 344 g/mol. The van der Waals surface area contributed by atoms with Crippen LogP contribution in [0.4, 0.5) is 18.9 Å². The van der Waals surface area contributed by atoms with Gasteiger partial charge in [-0.3, -0.25) is 4.98 Å². The topological polar surface area (TPSA) is 24.9 Å². The van der Waals surface area contributed by atoms with Gasteiger partial charge in [0.1, 0.15) is 0 Å². The predicted molar refractivity (Wildman–Crippen MR) is 75.4 cm³/mol. The number of aromatic nitrogens is 1. The van der Waals surface area contributed by atoms with Crippen molar-refractivity contribution < 1.29 is 13.2 Å². The second-order valence-corrected chi connectivity index (χ2v) is 5.17. The normalized spacial score (nSPS) is 13.1. The Balaban J connectivity index is 2.18. The number of hydrogen-bond acceptors (Lipinski definition) is 2. The Kier molecular flexibility index (Phi) is 4.32. The Labute approximate surface area is 123 Å². The van der Waals surface area contributed by atoms with Crippen LogP contribution in [0.5, 0.6) is 0 Å². The Morgan fingerprint density at radius 1 is 1.20 bits per heavy atom. The first kappa shape index (κ1) is 14.8. The van der Waals surface area contributed by atoms with Gasteiger partial charge in [0.15, 0.2) is 0 Å². The fourth-order valence-electron chi connectivity index (χ4n) is 1.75. The van der Waals surface area contributed by atoms with Crippen LogP contribution >= 0.6 is 15.9 Å². The van der Waals surface area contributed by atoms with Gasteiger partial charge >= 0.3 is 6.18 Å². The van der Waals surface area contributed by atoms with Crippen LogP contribution in [-0.2, 0) is 6.18 Å². The summed E-state index contributed by atoms with van der Waals surface area (Å²) in [5.41, 5.74) is 0.732. The highest BCUT2D eigenvalue weighted by atomic mass is 79.9. The van der Waals surface area contributed by atoms with Crippen LogP contribution < -0.4 is 5.32 Å². The van der Waals surface area contributed by atoms with Crippen LogP contribution in [0.15, 0.2) is 47.1 Å². The zero-order valence-electron chi connectivity index (χ0n) is 10.6. The van der Waals surface area contributed by atoms with Gasteiger partial charge in [-0.15, -0.1) is 0 Å². The summed E-state index contributed by atoms with van der Waals surface area (Å²) in [6.45, 7) is 1.90. The van der Waals surface area contributed by atoms with E-state index in [2.05, 4.69) is 26.2 Å². The predicted octanol–water partition coefficient (Wildman–Crippen LogP) is 5.04. The quantitative estimate of drug-likeness (QED) is 0.843. The van der Waals surface area contributed by atoms with Crippen molar-refractivity contribution in [3.05, 3.63) is 58.3 Å². The molecule has 0 bridgehead atoms. The third-order valence-electron chi connectivity index (χ3n) is 2.80. The van der Waals surface area contributed by atoms with Crippen LogP contribution in [0.3, 0.4) is 0 Å². The van der Waals surface area contributed by atoms with E-state index in [9.17, 15) is 13.2 Å². The summed E-state index contributed by atoms with van der Waals surface area (Å²) in [6.07, 6.45) is -2.66. The molecule has 6 heteroatoms. The minimum Gasteiger partial charge on any atom is -0.376 e. The number of nitrogens with one attached hydrogen (secondary N) is 1. The van der Waals surface area contributed by atoms with E-state index >= 15 is 0 Å². The van der Waals surface area contributed by atoms with E-state index in [1.807, 2.05) is 25.1 Å². The fourth-order valence-corrected chi connectivity index (χ4v) is 2.24. The maximum Gasteiger partial charge on any atom is 0.416 e. The summed E-state index contributed by atoms with van der Waals surface area (Å²) in [7, 11) is 0. The molecule has 1 N–H and O–H groups in total. The highest BCUT2D eigenvalue weighted by Crippen LogP contribution is 2.34. The van der Waals surface area contributed by atoms with E-state index in [0.717, 1.165) is 17.8 Å². The van der Waals surface area contributed by atoms with Gasteiger partial charge in [0.25, 0.3) is 0 Å². The summed E-state index contributed by atoms with van der Waals surface area (Å²) >= 11 is 3.16. The molecule has 20 heavy (non-hydrogen) atoms. The number of anilines is 1. The first-order valence-corrected chi connectivity index (χ1v) is 6.71. The highest BCUT2D eigenvalue weighted by Gasteiger charge is 2.30. The zero-order chi connectivity index (χ0) is 14.8. The lowest BCUT2D eigenvalue weighted by Gasteiger charge is -2.17. The number of benzene rings is 1. The Morgan fingerprint density at radius 2 is 1.95 bits per heavy atom. The second kappa shape index (κ2) is 5.83. The number of nitrogens with zero attached hydrogens (tertiary/aromatic N) is 1. The molecule has 0 aliphatic carbocycles. The first-order valence-electron chi connectivity index (χ1n) is 5.92. The highest BCUT2D eigenvalue weighted by molar-refractivity contribution is 9.10. The van der Waals surface area contributed by atoms with E-state index in [-0.39, 0.29) is 6.04 Å². The molecule has 0 amide bonds. The lowest BCUT2D eigenvalue weighted by Crippen LogP contribution is -2.10. The van der Waals surface area contributed by atoms with E-state index in [1.165, 1.54) is 6.07 Å². The average molecular weight is 345 g/mol. The molecule has 2 nitrogen and oxygen atoms in total. The molecule has 0 aliphatic rings. The molecule has 0 aliphatic heterocycles. The number of rotatable bonds is 3. The summed E-state index contributed by atoms with van der Waals surface area (Å²) < 4.78 is 38.1. The van der Waals surface area contributed by atoms with E-state index < -0.39 is 11.7 Å². The largest absolute Gasteiger partial charge is 0.416 e. The molecule has 1 aromatic carbocycles. The molecule has 106 valence electrons. The minimum atomic E-state index is -4.34. The molecular weight excluding hydrogens is 333 g/mol. The van der Waals surface area contributed by atoms with Crippen molar-refractivity contribution in [2.45, 2.75) is 19.1 Å². The Bertz CT molecular complexity index is 585. The van der Waals surface area contributed by atoms with Gasteiger partial charge in [-0.2, -0.15) is 13.2 Å². The fraction of sp³-hybridized carbons (Fsp3) is 0.214. The van der Waals surface area contributed by atoms with Crippen LogP contribution in [0.2, 0.25) is 0 Å². The molecule has 0 radical (unpaired) electrons. The molecule has 0 fully saturated rings. The summed E-state index contributed by atoms with van der Waals surface area (Å²) in [6, 6.07) is 8.95. The van der Waals surface area contributed by atoms with Crippen LogP contribution in [0.1, 0.15) is 24.2 Å². The van der Waals surface area contributed by atoms with Crippen molar-refractivity contribution in [1.29, 1.82) is 0 Å². The minimum absolute atomic E-state index is 0.107. The van der Waals surface area contributed by atoms with Crippen LogP contribution in [-0.4, -0.2) is 4.98 Å². The third kappa shape index (κ3) is 3.50. The van der Waals surface area contributed by atoms with Gasteiger partial charge in [-0.25, -0.2) is 0 Å². The SMILES string of the molecule is CC(Nc1ccc(C(F)(F)F)cc1Br)c1ccccn1. The van der Waals surface area contributed by atoms with Gasteiger partial charge in [-0.1, -0.05) is 6.07 Å². The van der Waals surface area contributed by atoms with Gasteiger partial charge in [-0.05, 0) is 53.2 Å². The van der Waals surface area contributed by atoms with E-state index in [0.29, 0.717) is 10.2 Å². The molecule has 1 atom stereocenters. The molecule has 1 heterocycles. The van der Waals surface area contributed by atoms with Crippen LogP contribution in [0, 0.1) is 0 Å². The molecule has 0 saturated heterocycles. The number of alkyl halides is 3. The molecule has 1 aromatic heterocycles. The lowest BCUT2D eigenvalue weighted by atomic mass is 10.1. The van der Waals surface area contributed by atoms with Gasteiger partial charge in [0.2, 0.25) is 0 Å². The smallest absolute Gasteiger partial charge is 0.376 e. The van der Waals surface area contributed by atoms with Crippen molar-refractivity contribution in [1.82, 2.24) is 4.98 Å². The molecule has 2 aromatic rings. The number of hydrogen-bond donors (Lipinski definition) is 1. The van der Waals surface area contributed by atoms with Crippen molar-refractivity contribution >= 4 is 21.6 Å². The van der Waals surface area contributed by atoms with Gasteiger partial charge < -0.3 is 5.32 Å². The molecule has 0 spiro atoms. The number of halogens is 4. The standard InChI is InChI=1S/C14H12BrF3N2/c1-9(12-4-2-3-7-19-12)20-13-6-5-10(8-11(13)15)14(16,17)18/h2-9,20H,1H3. The Hall–Kier alpha value is -1.56. The van der Waals surface area contributed by atoms with Crippen molar-refractivity contribution in [3.8, 4) is 0 Å². The van der Waals surface area contributed by atoms with Crippen molar-refractivity contribution in [3.63, 3.8) is 0 Å². The molecular formula is C14H12BrF3N2. The van der Waals surface area contributed by atoms with Crippen molar-refractivity contribution in [2.75, 3.05) is 5.32 Å². The average Bonchev–Trinajstić information content (AvgIpc) is 2.41. The number of pyridine rings is 1. The van der Waals surface area contributed by atoms with Gasteiger partial charge in [0.05, 0.1) is 17.3 Å². The first-order chi connectivity index (χ1) is 9.38. The summed E-state index contributed by atoms with van der Waals surface area (Å²) in [5, 5.41) is 3.13. The zero-order valence-corrected chi connectivity index (χ0v) is 12.2. The van der Waals surface area contributed by atoms with E-state index in [1.54, 1.807) is 6.20 Å². The summed E-state index contributed by atoms with van der Waals surface area (Å²) in [4.78, 5) is 4.20. The van der Waals surface area contributed by atoms with E-state index in [4.69, 9.17) is 0 Å². The van der Waals surface area contributed by atoms with Crippen LogP contribution in [0.25, 0.3) is 0 Å². The lowest BCUT2D eigenvalue weighted by molar-refractivity contribution is -0.137. The van der Waals surface area contributed by atoms with Gasteiger partial charge in [0, 0.05) is 16.4 Å². The molecule has 1 unspecified atom stereocenters. The molecule has 0 saturated carbocycles. The molecule has 2 rings (SSSR count). The maximum absolute atomic E-state index is 12.6. The van der Waals surface area contributed by atoms with Crippen molar-refractivity contribution in [2.24, 2.45) is 0 Å². The maximum atomic E-state index is 12.6. The third-order valence-corrected chi connectivity index (χ3v) is 3.46. The summed E-state index contributed by atoms with van der Waals surface area (Å²) in [5.74, 6) is 0.